The van der Waals surface area contributed by atoms with Gasteiger partial charge in [0.25, 0.3) is 8.32 Å². The Balaban J connectivity index is 4.79. The molecule has 0 unspecified atom stereocenters. The zero-order valence-electron chi connectivity index (χ0n) is 10.6. The molecular weight excluding hydrogens is 242 g/mol. The highest BCUT2D eigenvalue weighted by atomic mass is 28.4. The van der Waals surface area contributed by atoms with E-state index in [0.29, 0.717) is 0 Å². The van der Waals surface area contributed by atoms with Crippen molar-refractivity contribution >= 4 is 26.5 Å². The summed E-state index contributed by atoms with van der Waals surface area (Å²) in [4.78, 5) is 22.3. The first-order chi connectivity index (χ1) is 7.80. The molecule has 0 spiro atoms. The third-order valence-electron chi connectivity index (χ3n) is 1.41. The molecule has 0 aliphatic carbocycles. The molecule has 0 aliphatic rings. The number of hydrogen-bond donors (Lipinski definition) is 0. The van der Waals surface area contributed by atoms with E-state index < -0.39 is 20.3 Å². The third-order valence-corrected chi connectivity index (χ3v) is 2.07. The van der Waals surface area contributed by atoms with Crippen molar-refractivity contribution in [3.05, 3.63) is 11.6 Å². The third kappa shape index (κ3) is 7.29. The number of ether oxygens (including phenoxy) is 2. The van der Waals surface area contributed by atoms with Crippen molar-refractivity contribution in [2.75, 3.05) is 14.2 Å². The zero-order chi connectivity index (χ0) is 13.5. The molecule has 0 atom stereocenters. The van der Waals surface area contributed by atoms with E-state index in [2.05, 4.69) is 14.6 Å². The van der Waals surface area contributed by atoms with Crippen LogP contribution in [0.15, 0.2) is 16.8 Å². The van der Waals surface area contributed by atoms with Crippen molar-refractivity contribution in [2.45, 2.75) is 19.6 Å². The number of hydrogen-bond acceptors (Lipinski definition) is 6. The maximum absolute atomic E-state index is 11.3. The van der Waals surface area contributed by atoms with E-state index in [9.17, 15) is 9.59 Å². The number of carbonyl (C=O) groups is 2. The normalized spacial score (nSPS) is 12.4. The van der Waals surface area contributed by atoms with Crippen LogP contribution in [0.5, 0.6) is 0 Å². The molecule has 0 bridgehead atoms. The lowest BCUT2D eigenvalue weighted by Gasteiger charge is -2.12. The fourth-order valence-electron chi connectivity index (χ4n) is 0.694. The van der Waals surface area contributed by atoms with Gasteiger partial charge in [0, 0.05) is 6.08 Å². The van der Waals surface area contributed by atoms with E-state index in [1.165, 1.54) is 14.2 Å². The van der Waals surface area contributed by atoms with Crippen molar-refractivity contribution in [3.8, 4) is 0 Å². The lowest BCUT2D eigenvalue weighted by atomic mass is 10.3. The Morgan fingerprint density at radius 2 is 1.71 bits per heavy atom. The molecule has 0 aromatic carbocycles. The Hall–Kier alpha value is -1.63. The molecule has 0 saturated carbocycles. The summed E-state index contributed by atoms with van der Waals surface area (Å²) in [5, 5.41) is 3.66. The number of oxime groups is 1. The van der Waals surface area contributed by atoms with Gasteiger partial charge in [-0.1, -0.05) is 0 Å². The summed E-state index contributed by atoms with van der Waals surface area (Å²) in [6, 6.07) is 0. The molecule has 0 aromatic heterocycles. The SMILES string of the molecule is COC(=O)/C=C(\C=N\O[Si](C)(C)C)C(=O)OC. The van der Waals surface area contributed by atoms with Gasteiger partial charge in [-0.2, -0.15) is 0 Å². The predicted molar refractivity (Wildman–Crippen MR) is 65.0 cm³/mol. The molecule has 17 heavy (non-hydrogen) atoms. The van der Waals surface area contributed by atoms with Gasteiger partial charge in [0.1, 0.15) is 0 Å². The number of esters is 2. The predicted octanol–water partition coefficient (Wildman–Crippen LogP) is 1.10. The average molecular weight is 259 g/mol. The zero-order valence-corrected chi connectivity index (χ0v) is 11.6. The molecule has 0 saturated heterocycles. The Morgan fingerprint density at radius 3 is 2.12 bits per heavy atom. The summed E-state index contributed by atoms with van der Waals surface area (Å²) in [6.07, 6.45) is 2.13. The molecular formula is C10H17NO5Si. The smallest absolute Gasteiger partial charge is 0.339 e. The molecule has 7 heteroatoms. The second-order valence-corrected chi connectivity index (χ2v) is 8.46. The molecule has 0 fully saturated rings. The molecule has 0 aliphatic heterocycles. The first-order valence-corrected chi connectivity index (χ1v) is 8.30. The average Bonchev–Trinajstić information content (AvgIpc) is 2.24. The van der Waals surface area contributed by atoms with Crippen LogP contribution in [-0.2, 0) is 23.6 Å². The Kier molecular flexibility index (Phi) is 6.19. The van der Waals surface area contributed by atoms with Crippen molar-refractivity contribution in [1.29, 1.82) is 0 Å². The summed E-state index contributed by atoms with van der Waals surface area (Å²) in [5.41, 5.74) is -0.0300. The molecule has 0 rings (SSSR count). The molecule has 0 amide bonds. The van der Waals surface area contributed by atoms with Crippen LogP contribution in [0.2, 0.25) is 19.6 Å². The van der Waals surface area contributed by atoms with E-state index >= 15 is 0 Å². The summed E-state index contributed by atoms with van der Waals surface area (Å²) in [6.45, 7) is 5.81. The van der Waals surface area contributed by atoms with Crippen LogP contribution in [0.1, 0.15) is 0 Å². The highest BCUT2D eigenvalue weighted by Crippen LogP contribution is 2.03. The van der Waals surface area contributed by atoms with Crippen LogP contribution >= 0.6 is 0 Å². The second-order valence-electron chi connectivity index (χ2n) is 4.05. The van der Waals surface area contributed by atoms with Crippen molar-refractivity contribution in [1.82, 2.24) is 0 Å². The maximum Gasteiger partial charge on any atom is 0.339 e. The molecule has 0 N–H and O–H groups in total. The Labute approximate surface area is 101 Å². The van der Waals surface area contributed by atoms with Crippen molar-refractivity contribution < 1.29 is 23.6 Å². The molecule has 0 radical (unpaired) electrons. The fraction of sp³-hybridized carbons (Fsp3) is 0.500. The van der Waals surface area contributed by atoms with Gasteiger partial charge in [0.05, 0.1) is 26.0 Å². The van der Waals surface area contributed by atoms with Gasteiger partial charge in [-0.15, -0.1) is 5.16 Å². The Bertz CT molecular complexity index is 343. The maximum atomic E-state index is 11.3. The van der Waals surface area contributed by atoms with Crippen molar-refractivity contribution in [2.24, 2.45) is 5.16 Å². The van der Waals surface area contributed by atoms with Crippen molar-refractivity contribution in [3.63, 3.8) is 0 Å². The van der Waals surface area contributed by atoms with Gasteiger partial charge in [-0.3, -0.25) is 0 Å². The minimum Gasteiger partial charge on any atom is -0.466 e. The van der Waals surface area contributed by atoms with E-state index in [1.54, 1.807) is 0 Å². The summed E-state index contributed by atoms with van der Waals surface area (Å²) >= 11 is 0. The van der Waals surface area contributed by atoms with Gasteiger partial charge in [-0.25, -0.2) is 9.59 Å². The largest absolute Gasteiger partial charge is 0.466 e. The van der Waals surface area contributed by atoms with Crippen LogP contribution in [0.25, 0.3) is 0 Å². The van der Waals surface area contributed by atoms with Gasteiger partial charge < -0.3 is 14.0 Å². The molecule has 0 aromatic rings. The lowest BCUT2D eigenvalue weighted by molar-refractivity contribution is -0.138. The van der Waals surface area contributed by atoms with Crippen LogP contribution in [-0.4, -0.2) is 40.7 Å². The van der Waals surface area contributed by atoms with E-state index in [-0.39, 0.29) is 5.57 Å². The summed E-state index contributed by atoms with van der Waals surface area (Å²) in [7, 11) is 0.610. The number of nitrogens with zero attached hydrogens (tertiary/aromatic N) is 1. The Morgan fingerprint density at radius 1 is 1.12 bits per heavy atom. The molecule has 0 heterocycles. The highest BCUT2D eigenvalue weighted by Gasteiger charge is 2.16. The first-order valence-electron chi connectivity index (χ1n) is 4.89. The second kappa shape index (κ2) is 6.84. The van der Waals surface area contributed by atoms with Gasteiger partial charge in [0.2, 0.25) is 0 Å². The summed E-state index contributed by atoms with van der Waals surface area (Å²) in [5.74, 6) is -1.34. The number of methoxy groups -OCH3 is 2. The number of rotatable bonds is 5. The monoisotopic (exact) mass is 259 g/mol. The molecule has 6 nitrogen and oxygen atoms in total. The van der Waals surface area contributed by atoms with Gasteiger partial charge in [0.15, 0.2) is 0 Å². The quantitative estimate of drug-likeness (QED) is 0.243. The van der Waals surface area contributed by atoms with Crippen LogP contribution in [0, 0.1) is 0 Å². The first kappa shape index (κ1) is 15.4. The standard InChI is InChI=1S/C10H17NO5Si/c1-14-9(12)6-8(10(13)15-2)7-11-16-17(3,4)5/h6-7H,1-5H3/b8-6+,11-7+. The minimum atomic E-state index is -1.81. The minimum absolute atomic E-state index is 0.0300. The van der Waals surface area contributed by atoms with E-state index in [0.717, 1.165) is 12.3 Å². The van der Waals surface area contributed by atoms with Gasteiger partial charge in [-0.05, 0) is 19.6 Å². The number of carbonyl (C=O) groups excluding carboxylic acids is 2. The van der Waals surface area contributed by atoms with Crippen LogP contribution in [0.3, 0.4) is 0 Å². The van der Waals surface area contributed by atoms with Crippen LogP contribution in [0.4, 0.5) is 0 Å². The topological polar surface area (TPSA) is 74.2 Å². The van der Waals surface area contributed by atoms with E-state index in [1.807, 2.05) is 19.6 Å². The highest BCUT2D eigenvalue weighted by molar-refractivity contribution is 6.69. The molecule has 96 valence electrons. The fourth-order valence-corrected chi connectivity index (χ4v) is 1.06. The summed E-state index contributed by atoms with van der Waals surface area (Å²) < 4.78 is 14.1. The lowest BCUT2D eigenvalue weighted by Crippen LogP contribution is -2.22. The van der Waals surface area contributed by atoms with Crippen LogP contribution < -0.4 is 0 Å². The van der Waals surface area contributed by atoms with E-state index in [4.69, 9.17) is 4.53 Å². The van der Waals surface area contributed by atoms with Gasteiger partial charge >= 0.3 is 11.9 Å².